The summed E-state index contributed by atoms with van der Waals surface area (Å²) in [6, 6.07) is 4.10. The number of benzene rings is 1. The van der Waals surface area contributed by atoms with Crippen molar-refractivity contribution < 1.29 is 4.74 Å². The van der Waals surface area contributed by atoms with Crippen molar-refractivity contribution in [3.05, 3.63) is 28.3 Å². The highest BCUT2D eigenvalue weighted by atomic mass is 35.5. The molecule has 1 aliphatic carbocycles. The molecule has 0 saturated heterocycles. The van der Waals surface area contributed by atoms with E-state index in [1.165, 1.54) is 24.0 Å². The molecule has 0 atom stereocenters. The monoisotopic (exact) mass is 253 g/mol. The van der Waals surface area contributed by atoms with Crippen LogP contribution >= 0.6 is 11.6 Å². The van der Waals surface area contributed by atoms with E-state index in [9.17, 15) is 0 Å². The number of methoxy groups -OCH3 is 1. The second kappa shape index (κ2) is 4.87. The summed E-state index contributed by atoms with van der Waals surface area (Å²) in [5.41, 5.74) is 3.09. The SMILES string of the molecule is CNCC1(Cc2cc(Cl)c(OC)cc2C)CC1. The molecule has 0 aliphatic heterocycles. The van der Waals surface area contributed by atoms with Crippen LogP contribution in [-0.4, -0.2) is 20.7 Å². The Balaban J connectivity index is 2.19. The Labute approximate surface area is 108 Å². The van der Waals surface area contributed by atoms with E-state index >= 15 is 0 Å². The Bertz CT molecular complexity index is 413. The van der Waals surface area contributed by atoms with Crippen LogP contribution in [0.3, 0.4) is 0 Å². The molecular formula is C14H20ClNO. The third-order valence-electron chi connectivity index (χ3n) is 3.68. The van der Waals surface area contributed by atoms with E-state index in [1.807, 2.05) is 13.1 Å². The highest BCUT2D eigenvalue weighted by Crippen LogP contribution is 2.48. The zero-order chi connectivity index (χ0) is 12.5. The number of hydrogen-bond donors (Lipinski definition) is 1. The molecular weight excluding hydrogens is 234 g/mol. The average molecular weight is 254 g/mol. The van der Waals surface area contributed by atoms with Crippen LogP contribution in [0.2, 0.25) is 5.02 Å². The van der Waals surface area contributed by atoms with Crippen LogP contribution < -0.4 is 10.1 Å². The van der Waals surface area contributed by atoms with Gasteiger partial charge in [0.1, 0.15) is 5.75 Å². The standard InChI is InChI=1S/C14H20ClNO/c1-10-6-13(17-3)12(15)7-11(10)8-14(4-5-14)9-16-2/h6-7,16H,4-5,8-9H2,1-3H3. The van der Waals surface area contributed by atoms with Gasteiger partial charge in [-0.1, -0.05) is 11.6 Å². The summed E-state index contributed by atoms with van der Waals surface area (Å²) in [7, 11) is 3.68. The molecule has 1 N–H and O–H groups in total. The fourth-order valence-corrected chi connectivity index (χ4v) is 2.68. The molecule has 0 amide bonds. The largest absolute Gasteiger partial charge is 0.495 e. The lowest BCUT2D eigenvalue weighted by Gasteiger charge is -2.17. The first-order chi connectivity index (χ1) is 8.10. The molecule has 0 spiro atoms. The van der Waals surface area contributed by atoms with Crippen LogP contribution in [0.5, 0.6) is 5.75 Å². The van der Waals surface area contributed by atoms with Gasteiger partial charge >= 0.3 is 0 Å². The molecule has 0 unspecified atom stereocenters. The Morgan fingerprint density at radius 1 is 1.41 bits per heavy atom. The molecule has 0 aromatic heterocycles. The lowest BCUT2D eigenvalue weighted by atomic mass is 9.93. The maximum atomic E-state index is 6.19. The van der Waals surface area contributed by atoms with Crippen molar-refractivity contribution in [3.8, 4) is 5.75 Å². The van der Waals surface area contributed by atoms with Crippen LogP contribution in [0, 0.1) is 12.3 Å². The highest BCUT2D eigenvalue weighted by Gasteiger charge is 2.41. The Hall–Kier alpha value is -0.730. The van der Waals surface area contributed by atoms with Gasteiger partial charge < -0.3 is 10.1 Å². The summed E-state index contributed by atoms with van der Waals surface area (Å²) in [5.74, 6) is 0.770. The minimum absolute atomic E-state index is 0.470. The van der Waals surface area contributed by atoms with E-state index in [0.29, 0.717) is 10.4 Å². The first-order valence-corrected chi connectivity index (χ1v) is 6.46. The summed E-state index contributed by atoms with van der Waals surface area (Å²) in [5, 5.41) is 4.01. The topological polar surface area (TPSA) is 21.3 Å². The number of nitrogens with one attached hydrogen (secondary N) is 1. The van der Waals surface area contributed by atoms with E-state index in [4.69, 9.17) is 16.3 Å². The van der Waals surface area contributed by atoms with Crippen LogP contribution in [-0.2, 0) is 6.42 Å². The molecule has 2 nitrogen and oxygen atoms in total. The Morgan fingerprint density at radius 3 is 2.65 bits per heavy atom. The normalized spacial score (nSPS) is 16.9. The first-order valence-electron chi connectivity index (χ1n) is 6.08. The molecule has 1 aliphatic rings. The number of halogens is 1. The summed E-state index contributed by atoms with van der Waals surface area (Å²) < 4.78 is 5.23. The zero-order valence-corrected chi connectivity index (χ0v) is 11.5. The maximum Gasteiger partial charge on any atom is 0.137 e. The van der Waals surface area contributed by atoms with E-state index < -0.39 is 0 Å². The van der Waals surface area contributed by atoms with Crippen molar-refractivity contribution in [1.29, 1.82) is 0 Å². The molecule has 17 heavy (non-hydrogen) atoms. The lowest BCUT2D eigenvalue weighted by molar-refractivity contribution is 0.414. The fraction of sp³-hybridized carbons (Fsp3) is 0.571. The molecule has 1 aromatic rings. The van der Waals surface area contributed by atoms with E-state index in [2.05, 4.69) is 18.3 Å². The minimum atomic E-state index is 0.470. The van der Waals surface area contributed by atoms with E-state index in [0.717, 1.165) is 18.7 Å². The van der Waals surface area contributed by atoms with Gasteiger partial charge in [-0.05, 0) is 61.9 Å². The van der Waals surface area contributed by atoms with Gasteiger partial charge in [0.2, 0.25) is 0 Å². The maximum absolute atomic E-state index is 6.19. The number of ether oxygens (including phenoxy) is 1. The summed E-state index contributed by atoms with van der Waals surface area (Å²) in [6.45, 7) is 3.22. The lowest BCUT2D eigenvalue weighted by Crippen LogP contribution is -2.22. The van der Waals surface area contributed by atoms with Crippen LogP contribution in [0.4, 0.5) is 0 Å². The predicted molar refractivity (Wildman–Crippen MR) is 72.0 cm³/mol. The molecule has 2 rings (SSSR count). The first kappa shape index (κ1) is 12.7. The third kappa shape index (κ3) is 2.75. The van der Waals surface area contributed by atoms with Gasteiger partial charge in [-0.2, -0.15) is 0 Å². The van der Waals surface area contributed by atoms with Crippen LogP contribution in [0.15, 0.2) is 12.1 Å². The Kier molecular flexibility index (Phi) is 3.64. The Morgan fingerprint density at radius 2 is 2.12 bits per heavy atom. The van der Waals surface area contributed by atoms with Gasteiger partial charge in [-0.3, -0.25) is 0 Å². The van der Waals surface area contributed by atoms with Crippen LogP contribution in [0.1, 0.15) is 24.0 Å². The van der Waals surface area contributed by atoms with E-state index in [1.54, 1.807) is 7.11 Å². The van der Waals surface area contributed by atoms with Gasteiger partial charge in [0.05, 0.1) is 12.1 Å². The average Bonchev–Trinajstić information content (AvgIpc) is 3.03. The number of rotatable bonds is 5. The molecule has 0 bridgehead atoms. The molecule has 1 saturated carbocycles. The summed E-state index contributed by atoms with van der Waals surface area (Å²) in [6.07, 6.45) is 3.75. The van der Waals surface area contributed by atoms with Gasteiger partial charge in [0, 0.05) is 6.54 Å². The van der Waals surface area contributed by atoms with Crippen molar-refractivity contribution in [3.63, 3.8) is 0 Å². The second-order valence-corrected chi connectivity index (χ2v) is 5.53. The summed E-state index contributed by atoms with van der Waals surface area (Å²) >= 11 is 6.19. The zero-order valence-electron chi connectivity index (χ0n) is 10.8. The van der Waals surface area contributed by atoms with E-state index in [-0.39, 0.29) is 0 Å². The molecule has 94 valence electrons. The highest BCUT2D eigenvalue weighted by molar-refractivity contribution is 6.32. The molecule has 1 aromatic carbocycles. The predicted octanol–water partition coefficient (Wildman–Crippen LogP) is 3.20. The molecule has 3 heteroatoms. The molecule has 0 radical (unpaired) electrons. The van der Waals surface area contributed by atoms with Gasteiger partial charge in [0.25, 0.3) is 0 Å². The van der Waals surface area contributed by atoms with Crippen molar-refractivity contribution >= 4 is 11.6 Å². The smallest absolute Gasteiger partial charge is 0.137 e. The van der Waals surface area contributed by atoms with Crippen molar-refractivity contribution in [1.82, 2.24) is 5.32 Å². The number of aryl methyl sites for hydroxylation is 1. The van der Waals surface area contributed by atoms with Gasteiger partial charge in [-0.15, -0.1) is 0 Å². The minimum Gasteiger partial charge on any atom is -0.495 e. The summed E-state index contributed by atoms with van der Waals surface area (Å²) in [4.78, 5) is 0. The van der Waals surface area contributed by atoms with Gasteiger partial charge in [0.15, 0.2) is 0 Å². The second-order valence-electron chi connectivity index (χ2n) is 5.12. The van der Waals surface area contributed by atoms with Crippen molar-refractivity contribution in [2.45, 2.75) is 26.2 Å². The molecule has 1 fully saturated rings. The molecule has 0 heterocycles. The number of hydrogen-bond acceptors (Lipinski definition) is 2. The third-order valence-corrected chi connectivity index (χ3v) is 3.98. The van der Waals surface area contributed by atoms with Crippen molar-refractivity contribution in [2.24, 2.45) is 5.41 Å². The fourth-order valence-electron chi connectivity index (χ4n) is 2.41. The van der Waals surface area contributed by atoms with Gasteiger partial charge in [-0.25, -0.2) is 0 Å². The quantitative estimate of drug-likeness (QED) is 0.870. The van der Waals surface area contributed by atoms with Crippen molar-refractivity contribution in [2.75, 3.05) is 20.7 Å². The van der Waals surface area contributed by atoms with Crippen LogP contribution in [0.25, 0.3) is 0 Å².